The van der Waals surface area contributed by atoms with Crippen LogP contribution in [-0.2, 0) is 0 Å². The summed E-state index contributed by atoms with van der Waals surface area (Å²) in [6.07, 6.45) is 6.73. The highest BCUT2D eigenvalue weighted by atomic mass is 19.1. The average Bonchev–Trinajstić information content (AvgIpc) is 2.77. The van der Waals surface area contributed by atoms with Crippen molar-refractivity contribution in [2.45, 2.75) is 25.7 Å². The predicted octanol–water partition coefficient (Wildman–Crippen LogP) is 3.74. The van der Waals surface area contributed by atoms with Crippen molar-refractivity contribution in [3.05, 3.63) is 42.3 Å². The molecule has 0 amide bonds. The van der Waals surface area contributed by atoms with Gasteiger partial charge in [0, 0.05) is 25.0 Å². The number of benzene rings is 1. The van der Waals surface area contributed by atoms with Crippen molar-refractivity contribution in [1.82, 2.24) is 9.97 Å². The molecule has 0 aliphatic carbocycles. The Hall–Kier alpha value is -2.17. The molecule has 21 heavy (non-hydrogen) atoms. The number of hydrogen-bond acceptors (Lipinski definition) is 4. The molecule has 0 radical (unpaired) electrons. The van der Waals surface area contributed by atoms with Crippen LogP contribution in [0.3, 0.4) is 0 Å². The molecule has 2 aromatic rings. The molecule has 1 aliphatic rings. The molecule has 5 heteroatoms. The van der Waals surface area contributed by atoms with Gasteiger partial charge >= 0.3 is 0 Å². The highest BCUT2D eigenvalue weighted by molar-refractivity contribution is 5.54. The van der Waals surface area contributed by atoms with Crippen LogP contribution in [0.4, 0.5) is 21.8 Å². The van der Waals surface area contributed by atoms with Crippen LogP contribution in [-0.4, -0.2) is 23.1 Å². The van der Waals surface area contributed by atoms with Crippen molar-refractivity contribution in [1.29, 1.82) is 0 Å². The van der Waals surface area contributed by atoms with Gasteiger partial charge in [-0.15, -0.1) is 0 Å². The van der Waals surface area contributed by atoms with E-state index in [0.29, 0.717) is 11.6 Å². The first kappa shape index (κ1) is 13.8. The summed E-state index contributed by atoms with van der Waals surface area (Å²) in [4.78, 5) is 11.1. The van der Waals surface area contributed by atoms with Crippen LogP contribution in [0.2, 0.25) is 0 Å². The molecule has 110 valence electrons. The lowest BCUT2D eigenvalue weighted by Gasteiger charge is -2.21. The van der Waals surface area contributed by atoms with E-state index in [1.807, 2.05) is 6.07 Å². The maximum Gasteiger partial charge on any atom is 0.229 e. The lowest BCUT2D eigenvalue weighted by atomic mass is 10.2. The number of nitrogens with one attached hydrogen (secondary N) is 1. The minimum absolute atomic E-state index is 0.274. The van der Waals surface area contributed by atoms with Gasteiger partial charge in [-0.1, -0.05) is 18.9 Å². The lowest BCUT2D eigenvalue weighted by molar-refractivity contribution is 0.628. The summed E-state index contributed by atoms with van der Waals surface area (Å²) >= 11 is 0. The van der Waals surface area contributed by atoms with Crippen LogP contribution < -0.4 is 10.2 Å². The van der Waals surface area contributed by atoms with E-state index in [0.717, 1.165) is 18.9 Å². The molecule has 0 atom stereocenters. The normalized spacial score (nSPS) is 15.6. The van der Waals surface area contributed by atoms with Crippen LogP contribution in [0.15, 0.2) is 36.5 Å². The van der Waals surface area contributed by atoms with E-state index in [2.05, 4.69) is 20.2 Å². The summed E-state index contributed by atoms with van der Waals surface area (Å²) in [6.45, 7) is 2.08. The standard InChI is InChI=1S/C16H19FN4/c17-13-6-5-7-14(12-13)19-16-18-9-8-15(20-16)21-10-3-1-2-4-11-21/h5-9,12H,1-4,10-11H2,(H,18,19,20). The van der Waals surface area contributed by atoms with E-state index in [1.165, 1.54) is 37.8 Å². The van der Waals surface area contributed by atoms with Crippen molar-refractivity contribution in [3.8, 4) is 0 Å². The third-order valence-corrected chi connectivity index (χ3v) is 3.65. The Bertz CT molecular complexity index is 594. The first-order valence-electron chi connectivity index (χ1n) is 7.42. The Labute approximate surface area is 124 Å². The third-order valence-electron chi connectivity index (χ3n) is 3.65. The fourth-order valence-corrected chi connectivity index (χ4v) is 2.58. The Kier molecular flexibility index (Phi) is 4.28. The summed E-state index contributed by atoms with van der Waals surface area (Å²) in [7, 11) is 0. The number of hydrogen-bond donors (Lipinski definition) is 1. The fraction of sp³-hybridized carbons (Fsp3) is 0.375. The molecule has 1 saturated heterocycles. The van der Waals surface area contributed by atoms with Crippen molar-refractivity contribution < 1.29 is 4.39 Å². The lowest BCUT2D eigenvalue weighted by Crippen LogP contribution is -2.25. The van der Waals surface area contributed by atoms with E-state index >= 15 is 0 Å². The zero-order chi connectivity index (χ0) is 14.5. The Balaban J connectivity index is 1.76. The monoisotopic (exact) mass is 286 g/mol. The second-order valence-electron chi connectivity index (χ2n) is 5.28. The summed E-state index contributed by atoms with van der Waals surface area (Å²) < 4.78 is 13.2. The van der Waals surface area contributed by atoms with Gasteiger partial charge < -0.3 is 10.2 Å². The maximum atomic E-state index is 13.2. The van der Waals surface area contributed by atoms with Crippen LogP contribution in [0.25, 0.3) is 0 Å². The van der Waals surface area contributed by atoms with Crippen molar-refractivity contribution in [3.63, 3.8) is 0 Å². The van der Waals surface area contributed by atoms with E-state index in [4.69, 9.17) is 0 Å². The van der Waals surface area contributed by atoms with Crippen LogP contribution >= 0.6 is 0 Å². The molecule has 0 bridgehead atoms. The van der Waals surface area contributed by atoms with Crippen LogP contribution in [0.1, 0.15) is 25.7 Å². The molecular weight excluding hydrogens is 267 g/mol. The van der Waals surface area contributed by atoms with Crippen molar-refractivity contribution in [2.75, 3.05) is 23.3 Å². The Morgan fingerprint density at radius 3 is 2.62 bits per heavy atom. The molecule has 1 aromatic heterocycles. The maximum absolute atomic E-state index is 13.2. The molecular formula is C16H19FN4. The van der Waals surface area contributed by atoms with Gasteiger partial charge in [0.15, 0.2) is 0 Å². The van der Waals surface area contributed by atoms with Crippen molar-refractivity contribution in [2.24, 2.45) is 0 Å². The van der Waals surface area contributed by atoms with Crippen LogP contribution in [0.5, 0.6) is 0 Å². The fourth-order valence-electron chi connectivity index (χ4n) is 2.58. The second-order valence-corrected chi connectivity index (χ2v) is 5.28. The zero-order valence-electron chi connectivity index (χ0n) is 11.9. The highest BCUT2D eigenvalue weighted by Gasteiger charge is 2.11. The smallest absolute Gasteiger partial charge is 0.229 e. The van der Waals surface area contributed by atoms with Gasteiger partial charge in [0.25, 0.3) is 0 Å². The predicted molar refractivity (Wildman–Crippen MR) is 82.4 cm³/mol. The first-order valence-corrected chi connectivity index (χ1v) is 7.42. The summed E-state index contributed by atoms with van der Waals surface area (Å²) in [6, 6.07) is 8.24. The largest absolute Gasteiger partial charge is 0.356 e. The Morgan fingerprint density at radius 1 is 1.05 bits per heavy atom. The molecule has 4 nitrogen and oxygen atoms in total. The molecule has 0 saturated carbocycles. The van der Waals surface area contributed by atoms with Gasteiger partial charge in [-0.25, -0.2) is 9.37 Å². The van der Waals surface area contributed by atoms with E-state index < -0.39 is 0 Å². The van der Waals surface area contributed by atoms with Crippen molar-refractivity contribution >= 4 is 17.5 Å². The molecule has 0 unspecified atom stereocenters. The Morgan fingerprint density at radius 2 is 1.86 bits per heavy atom. The molecule has 3 rings (SSSR count). The number of rotatable bonds is 3. The molecule has 0 spiro atoms. The summed E-state index contributed by atoms with van der Waals surface area (Å²) in [5.41, 5.74) is 0.656. The second kappa shape index (κ2) is 6.52. The van der Waals surface area contributed by atoms with Gasteiger partial charge in [0.2, 0.25) is 5.95 Å². The van der Waals surface area contributed by atoms with Gasteiger partial charge in [0.1, 0.15) is 11.6 Å². The topological polar surface area (TPSA) is 41.1 Å². The molecule has 1 N–H and O–H groups in total. The highest BCUT2D eigenvalue weighted by Crippen LogP contribution is 2.20. The molecule has 1 aromatic carbocycles. The summed E-state index contributed by atoms with van der Waals surface area (Å²) in [5, 5.41) is 3.05. The quantitative estimate of drug-likeness (QED) is 0.933. The van der Waals surface area contributed by atoms with E-state index in [1.54, 1.807) is 18.3 Å². The number of nitrogens with zero attached hydrogens (tertiary/aromatic N) is 3. The number of aromatic nitrogens is 2. The molecule has 1 fully saturated rings. The number of halogens is 1. The first-order chi connectivity index (χ1) is 10.3. The SMILES string of the molecule is Fc1cccc(Nc2nccc(N3CCCCCC3)n2)c1. The van der Waals surface area contributed by atoms with Gasteiger partial charge in [-0.3, -0.25) is 0 Å². The molecule has 2 heterocycles. The zero-order valence-corrected chi connectivity index (χ0v) is 11.9. The summed E-state index contributed by atoms with van der Waals surface area (Å²) in [5.74, 6) is 1.16. The van der Waals surface area contributed by atoms with Gasteiger partial charge in [-0.2, -0.15) is 4.98 Å². The molecule has 1 aliphatic heterocycles. The average molecular weight is 286 g/mol. The minimum Gasteiger partial charge on any atom is -0.356 e. The third kappa shape index (κ3) is 3.68. The van der Waals surface area contributed by atoms with Crippen LogP contribution in [0, 0.1) is 5.82 Å². The number of anilines is 3. The van der Waals surface area contributed by atoms with E-state index in [-0.39, 0.29) is 5.82 Å². The van der Waals surface area contributed by atoms with E-state index in [9.17, 15) is 4.39 Å². The minimum atomic E-state index is -0.274. The van der Waals surface area contributed by atoms with Gasteiger partial charge in [0.05, 0.1) is 0 Å². The van der Waals surface area contributed by atoms with Gasteiger partial charge in [-0.05, 0) is 37.1 Å².